The van der Waals surface area contributed by atoms with Crippen LogP contribution in [0.2, 0.25) is 0 Å². The number of esters is 2. The summed E-state index contributed by atoms with van der Waals surface area (Å²) >= 11 is 0. The normalized spacial score (nSPS) is 13.3. The van der Waals surface area contributed by atoms with Crippen LogP contribution in [0.5, 0.6) is 0 Å². The summed E-state index contributed by atoms with van der Waals surface area (Å²) in [5.41, 5.74) is 0. The third-order valence-corrected chi connectivity index (χ3v) is 6.03. The summed E-state index contributed by atoms with van der Waals surface area (Å²) < 4.78 is 10.5. The molecule has 0 amide bonds. The highest BCUT2D eigenvalue weighted by atomic mass is 16.6. The molecule has 5 heteroatoms. The molecule has 230 valence electrons. The molecule has 0 saturated heterocycles. The summed E-state index contributed by atoms with van der Waals surface area (Å²) in [6.45, 7) is 3.79. The highest BCUT2D eigenvalue weighted by Crippen LogP contribution is 2.09. The highest BCUT2D eigenvalue weighted by Gasteiger charge is 2.16. The lowest BCUT2D eigenvalue weighted by molar-refractivity contribution is -0.161. The van der Waals surface area contributed by atoms with E-state index in [9.17, 15) is 14.7 Å². The molecule has 0 saturated carbocycles. The maximum Gasteiger partial charge on any atom is 0.306 e. The molecule has 0 aromatic rings. The Bertz CT molecular complexity index is 829. The van der Waals surface area contributed by atoms with Gasteiger partial charge in [-0.25, -0.2) is 0 Å². The van der Waals surface area contributed by atoms with Crippen LogP contribution in [0.25, 0.3) is 0 Å². The van der Waals surface area contributed by atoms with Crippen molar-refractivity contribution in [2.45, 2.75) is 116 Å². The fraction of sp³-hybridized carbons (Fsp3) is 0.556. The Labute approximate surface area is 250 Å². The van der Waals surface area contributed by atoms with Gasteiger partial charge in [0.25, 0.3) is 0 Å². The van der Waals surface area contributed by atoms with Gasteiger partial charge in [-0.05, 0) is 64.2 Å². The van der Waals surface area contributed by atoms with Gasteiger partial charge in [0.15, 0.2) is 6.10 Å². The van der Waals surface area contributed by atoms with E-state index >= 15 is 0 Å². The minimum absolute atomic E-state index is 0.101. The maximum atomic E-state index is 12.1. The van der Waals surface area contributed by atoms with E-state index in [1.807, 2.05) is 36.5 Å². The monoisotopic (exact) mass is 568 g/mol. The van der Waals surface area contributed by atoms with Gasteiger partial charge in [0.2, 0.25) is 0 Å². The van der Waals surface area contributed by atoms with Crippen LogP contribution in [0.4, 0.5) is 0 Å². The van der Waals surface area contributed by atoms with Crippen LogP contribution >= 0.6 is 0 Å². The largest absolute Gasteiger partial charge is 0.462 e. The molecule has 0 aliphatic rings. The van der Waals surface area contributed by atoms with E-state index in [0.29, 0.717) is 12.8 Å². The number of unbranched alkanes of at least 4 members (excludes halogenated alkanes) is 7. The van der Waals surface area contributed by atoms with E-state index < -0.39 is 6.10 Å². The Morgan fingerprint density at radius 3 is 1.76 bits per heavy atom. The topological polar surface area (TPSA) is 72.8 Å². The predicted octanol–water partition coefficient (Wildman–Crippen LogP) is 9.22. The number of aliphatic hydroxyl groups excluding tert-OH is 1. The third kappa shape index (κ3) is 29.9. The van der Waals surface area contributed by atoms with Gasteiger partial charge in [-0.2, -0.15) is 0 Å². The van der Waals surface area contributed by atoms with Crippen LogP contribution < -0.4 is 0 Å². The standard InChI is InChI=1S/C36H56O5/c1-3-5-7-9-11-13-15-17-19-21-23-25-27-29-31-36(39)41-34(32-37)33-40-35(38)30-28-26-24-22-20-18-16-14-12-10-8-6-4-2/h5-8,10-14,16-20,34,37H,3-4,9,15,21-33H2,1-2H3/b7-5+,8-6+,12-10+,13-11+,16-14+,19-17+,20-18+. The number of allylic oxidation sites excluding steroid dienone is 14. The molecule has 5 nitrogen and oxygen atoms in total. The van der Waals surface area contributed by atoms with Crippen LogP contribution in [0.15, 0.2) is 85.1 Å². The SMILES string of the molecule is CC/C=C/C=C/C=C/C=C/CCCCCC(=O)OCC(CO)OC(=O)CCCCCC/C=C/C/C=C/C/C=C/CC. The van der Waals surface area contributed by atoms with Crippen LogP contribution in [-0.2, 0) is 19.1 Å². The van der Waals surface area contributed by atoms with E-state index in [4.69, 9.17) is 9.47 Å². The van der Waals surface area contributed by atoms with E-state index in [-0.39, 0.29) is 25.2 Å². The van der Waals surface area contributed by atoms with Gasteiger partial charge in [0.05, 0.1) is 6.61 Å². The van der Waals surface area contributed by atoms with E-state index in [2.05, 4.69) is 62.5 Å². The second-order valence-electron chi connectivity index (χ2n) is 9.86. The number of rotatable bonds is 26. The quantitative estimate of drug-likeness (QED) is 0.0487. The van der Waals surface area contributed by atoms with Crippen molar-refractivity contribution in [2.75, 3.05) is 13.2 Å². The second kappa shape index (κ2) is 31.6. The zero-order valence-corrected chi connectivity index (χ0v) is 25.8. The first-order valence-electron chi connectivity index (χ1n) is 15.7. The van der Waals surface area contributed by atoms with Crippen molar-refractivity contribution in [3.8, 4) is 0 Å². The minimum Gasteiger partial charge on any atom is -0.462 e. The Hall–Kier alpha value is -2.92. The number of ether oxygens (including phenoxy) is 2. The average molecular weight is 569 g/mol. The molecule has 0 heterocycles. The van der Waals surface area contributed by atoms with Crippen molar-refractivity contribution >= 4 is 11.9 Å². The second-order valence-corrected chi connectivity index (χ2v) is 9.86. The van der Waals surface area contributed by atoms with E-state index in [1.54, 1.807) is 0 Å². The predicted molar refractivity (Wildman–Crippen MR) is 173 cm³/mol. The van der Waals surface area contributed by atoms with Gasteiger partial charge >= 0.3 is 11.9 Å². The van der Waals surface area contributed by atoms with Gasteiger partial charge in [-0.3, -0.25) is 9.59 Å². The molecular weight excluding hydrogens is 512 g/mol. The summed E-state index contributed by atoms with van der Waals surface area (Å²) in [5.74, 6) is -0.677. The van der Waals surface area contributed by atoms with Crippen LogP contribution in [-0.4, -0.2) is 36.4 Å². The number of hydrogen-bond donors (Lipinski definition) is 1. The number of aliphatic hydroxyl groups is 1. The number of carbonyl (C=O) groups is 2. The van der Waals surface area contributed by atoms with Crippen molar-refractivity contribution in [1.29, 1.82) is 0 Å². The van der Waals surface area contributed by atoms with Gasteiger partial charge in [0.1, 0.15) is 6.61 Å². The molecule has 1 unspecified atom stereocenters. The average Bonchev–Trinajstić information content (AvgIpc) is 2.97. The molecular formula is C36H56O5. The molecule has 0 radical (unpaired) electrons. The lowest BCUT2D eigenvalue weighted by Gasteiger charge is -2.15. The molecule has 0 aliphatic heterocycles. The fourth-order valence-corrected chi connectivity index (χ4v) is 3.69. The lowest BCUT2D eigenvalue weighted by Crippen LogP contribution is -2.28. The van der Waals surface area contributed by atoms with Crippen molar-refractivity contribution in [3.63, 3.8) is 0 Å². The van der Waals surface area contributed by atoms with Crippen LogP contribution in [0.3, 0.4) is 0 Å². The Morgan fingerprint density at radius 1 is 0.585 bits per heavy atom. The first-order chi connectivity index (χ1) is 20.1. The van der Waals surface area contributed by atoms with Crippen LogP contribution in [0.1, 0.15) is 110 Å². The number of carbonyl (C=O) groups excluding carboxylic acids is 2. The maximum absolute atomic E-state index is 12.1. The molecule has 0 aromatic heterocycles. The van der Waals surface area contributed by atoms with Crippen molar-refractivity contribution in [2.24, 2.45) is 0 Å². The van der Waals surface area contributed by atoms with Crippen LogP contribution in [0, 0.1) is 0 Å². The van der Waals surface area contributed by atoms with Crippen molar-refractivity contribution < 1.29 is 24.2 Å². The fourth-order valence-electron chi connectivity index (χ4n) is 3.69. The molecule has 0 rings (SSSR count). The van der Waals surface area contributed by atoms with E-state index in [0.717, 1.165) is 83.5 Å². The summed E-state index contributed by atoms with van der Waals surface area (Å²) in [7, 11) is 0. The first kappa shape index (κ1) is 38.1. The Balaban J connectivity index is 3.76. The zero-order valence-electron chi connectivity index (χ0n) is 25.8. The molecule has 0 aliphatic carbocycles. The minimum atomic E-state index is -0.802. The molecule has 1 N–H and O–H groups in total. The third-order valence-electron chi connectivity index (χ3n) is 6.03. The Kier molecular flexibility index (Phi) is 29.4. The summed E-state index contributed by atoms with van der Waals surface area (Å²) in [6.07, 6.45) is 42.0. The number of hydrogen-bond acceptors (Lipinski definition) is 5. The van der Waals surface area contributed by atoms with Gasteiger partial charge in [-0.1, -0.05) is 118 Å². The molecule has 0 fully saturated rings. The summed E-state index contributed by atoms with van der Waals surface area (Å²) in [4.78, 5) is 24.1. The molecule has 41 heavy (non-hydrogen) atoms. The molecule has 0 aromatic carbocycles. The van der Waals surface area contributed by atoms with Crippen molar-refractivity contribution in [3.05, 3.63) is 85.1 Å². The van der Waals surface area contributed by atoms with Gasteiger partial charge < -0.3 is 14.6 Å². The smallest absolute Gasteiger partial charge is 0.306 e. The van der Waals surface area contributed by atoms with Crippen molar-refractivity contribution in [1.82, 2.24) is 0 Å². The molecule has 0 bridgehead atoms. The first-order valence-corrected chi connectivity index (χ1v) is 15.7. The van der Waals surface area contributed by atoms with E-state index in [1.165, 1.54) is 0 Å². The molecule has 1 atom stereocenters. The lowest BCUT2D eigenvalue weighted by atomic mass is 10.1. The van der Waals surface area contributed by atoms with Gasteiger partial charge in [0, 0.05) is 12.8 Å². The summed E-state index contributed by atoms with van der Waals surface area (Å²) in [6, 6.07) is 0. The highest BCUT2D eigenvalue weighted by molar-refractivity contribution is 5.70. The zero-order chi connectivity index (χ0) is 30.1. The summed E-state index contributed by atoms with van der Waals surface area (Å²) in [5, 5.41) is 9.48. The van der Waals surface area contributed by atoms with Gasteiger partial charge in [-0.15, -0.1) is 0 Å². The molecule has 0 spiro atoms. The Morgan fingerprint density at radius 2 is 1.10 bits per heavy atom.